The van der Waals surface area contributed by atoms with Crippen molar-refractivity contribution < 1.29 is 27.9 Å². The molecule has 0 aliphatic carbocycles. The molecule has 0 radical (unpaired) electrons. The summed E-state index contributed by atoms with van der Waals surface area (Å²) >= 11 is 1.27. The average Bonchev–Trinajstić information content (AvgIpc) is 2.67. The van der Waals surface area contributed by atoms with Gasteiger partial charge < -0.3 is 15.7 Å². The van der Waals surface area contributed by atoms with Crippen LogP contribution in [0.25, 0.3) is 0 Å². The number of nitrogens with two attached hydrogens (primary N) is 1. The van der Waals surface area contributed by atoms with Gasteiger partial charge in [-0.05, 0) is 55.5 Å². The summed E-state index contributed by atoms with van der Waals surface area (Å²) in [4.78, 5) is 35.2. The Kier molecular flexibility index (Phi) is 7.75. The smallest absolute Gasteiger partial charge is 0.331 e. The molecular formula is C19H19N3O6S2. The summed E-state index contributed by atoms with van der Waals surface area (Å²) in [5.41, 5.74) is 0.846. The Hall–Kier alpha value is -3.15. The largest absolute Gasteiger partial charge is 0.478 e. The average molecular weight is 450 g/mol. The fourth-order valence-corrected chi connectivity index (χ4v) is 3.36. The van der Waals surface area contributed by atoms with Crippen LogP contribution in [0.2, 0.25) is 0 Å². The van der Waals surface area contributed by atoms with Crippen molar-refractivity contribution in [2.45, 2.75) is 16.7 Å². The zero-order valence-corrected chi connectivity index (χ0v) is 17.4. The first kappa shape index (κ1) is 23.1. The molecule has 158 valence electrons. The number of carboxylic acid groups (broad SMARTS) is 1. The first-order chi connectivity index (χ1) is 14.0. The van der Waals surface area contributed by atoms with Crippen molar-refractivity contribution in [1.29, 1.82) is 0 Å². The lowest BCUT2D eigenvalue weighted by Gasteiger charge is -2.07. The molecule has 0 fully saturated rings. The minimum atomic E-state index is -3.79. The summed E-state index contributed by atoms with van der Waals surface area (Å²) in [6, 6.07) is 12.2. The maximum atomic E-state index is 12.1. The van der Waals surface area contributed by atoms with Gasteiger partial charge in [-0.1, -0.05) is 0 Å². The van der Waals surface area contributed by atoms with Gasteiger partial charge in [0, 0.05) is 27.9 Å². The van der Waals surface area contributed by atoms with Crippen molar-refractivity contribution in [3.63, 3.8) is 0 Å². The van der Waals surface area contributed by atoms with Gasteiger partial charge >= 0.3 is 5.97 Å². The van der Waals surface area contributed by atoms with Crippen molar-refractivity contribution in [3.8, 4) is 0 Å². The van der Waals surface area contributed by atoms with E-state index in [4.69, 9.17) is 10.2 Å². The standard InChI is InChI=1S/C19H19N3O6S2/c1-12(19(25)26)10-17(23)21-13-2-6-15(7-3-13)29-11-18(24)22-14-4-8-16(9-5-14)30(20,27)28/h2-10H,11H2,1H3,(H,21,23)(H,22,24)(H,25,26)(H2,20,27,28). The molecular weight excluding hydrogens is 430 g/mol. The number of carbonyl (C=O) groups is 3. The Bertz CT molecular complexity index is 1080. The molecule has 9 nitrogen and oxygen atoms in total. The molecule has 2 aromatic rings. The van der Waals surface area contributed by atoms with Crippen LogP contribution in [-0.2, 0) is 24.4 Å². The molecule has 0 aliphatic heterocycles. The summed E-state index contributed by atoms with van der Waals surface area (Å²) in [5, 5.41) is 19.0. The fraction of sp³-hybridized carbons (Fsp3) is 0.105. The van der Waals surface area contributed by atoms with Gasteiger partial charge in [-0.3, -0.25) is 9.59 Å². The third kappa shape index (κ3) is 7.35. The second kappa shape index (κ2) is 10.1. The molecule has 0 aromatic heterocycles. The van der Waals surface area contributed by atoms with Crippen LogP contribution < -0.4 is 15.8 Å². The predicted octanol–water partition coefficient (Wildman–Crippen LogP) is 2.03. The zero-order valence-electron chi connectivity index (χ0n) is 15.8. The van der Waals surface area contributed by atoms with Gasteiger partial charge in [0.05, 0.1) is 10.6 Å². The third-order valence-corrected chi connectivity index (χ3v) is 5.58. The lowest BCUT2D eigenvalue weighted by Crippen LogP contribution is -2.15. The first-order valence-electron chi connectivity index (χ1n) is 8.43. The quantitative estimate of drug-likeness (QED) is 0.355. The number of rotatable bonds is 8. The molecule has 11 heteroatoms. The molecule has 30 heavy (non-hydrogen) atoms. The Morgan fingerprint density at radius 2 is 1.53 bits per heavy atom. The van der Waals surface area contributed by atoms with Crippen LogP contribution in [0.15, 0.2) is 70.0 Å². The lowest BCUT2D eigenvalue weighted by molar-refractivity contribution is -0.132. The number of hydrogen-bond acceptors (Lipinski definition) is 6. The van der Waals surface area contributed by atoms with E-state index in [1.165, 1.54) is 43.0 Å². The van der Waals surface area contributed by atoms with Crippen LogP contribution in [-0.4, -0.2) is 37.1 Å². The molecule has 0 atom stereocenters. The molecule has 2 amide bonds. The second-order valence-electron chi connectivity index (χ2n) is 6.05. The number of carboxylic acids is 1. The SMILES string of the molecule is CC(=CC(=O)Nc1ccc(SCC(=O)Nc2ccc(S(N)(=O)=O)cc2)cc1)C(=O)O. The lowest BCUT2D eigenvalue weighted by atomic mass is 10.2. The van der Waals surface area contributed by atoms with Gasteiger partial charge in [-0.2, -0.15) is 0 Å². The van der Waals surface area contributed by atoms with E-state index in [1.807, 2.05) is 0 Å². The predicted molar refractivity (Wildman–Crippen MR) is 114 cm³/mol. The number of hydrogen-bond donors (Lipinski definition) is 4. The highest BCUT2D eigenvalue weighted by molar-refractivity contribution is 8.00. The number of amides is 2. The number of primary sulfonamides is 1. The maximum absolute atomic E-state index is 12.1. The zero-order chi connectivity index (χ0) is 22.3. The van der Waals surface area contributed by atoms with Crippen LogP contribution in [0.4, 0.5) is 11.4 Å². The molecule has 0 heterocycles. The highest BCUT2D eigenvalue weighted by Crippen LogP contribution is 2.21. The topological polar surface area (TPSA) is 156 Å². The Labute approximate surface area is 177 Å². The summed E-state index contributed by atoms with van der Waals surface area (Å²) in [6.45, 7) is 1.32. The van der Waals surface area contributed by atoms with Crippen molar-refractivity contribution in [2.75, 3.05) is 16.4 Å². The Morgan fingerprint density at radius 1 is 1.00 bits per heavy atom. The van der Waals surface area contributed by atoms with Crippen LogP contribution in [0, 0.1) is 0 Å². The number of sulfonamides is 1. The molecule has 0 saturated heterocycles. The van der Waals surface area contributed by atoms with Crippen LogP contribution in [0.3, 0.4) is 0 Å². The van der Waals surface area contributed by atoms with E-state index in [0.717, 1.165) is 11.0 Å². The number of anilines is 2. The summed E-state index contributed by atoms with van der Waals surface area (Å²) < 4.78 is 22.4. The second-order valence-corrected chi connectivity index (χ2v) is 8.66. The molecule has 5 N–H and O–H groups in total. The summed E-state index contributed by atoms with van der Waals surface area (Å²) in [7, 11) is -3.79. The van der Waals surface area contributed by atoms with Gasteiger partial charge in [0.25, 0.3) is 0 Å². The van der Waals surface area contributed by atoms with E-state index in [-0.39, 0.29) is 22.1 Å². The Balaban J connectivity index is 1.86. The van der Waals surface area contributed by atoms with Gasteiger partial charge in [0.2, 0.25) is 21.8 Å². The highest BCUT2D eigenvalue weighted by atomic mass is 32.2. The molecule has 0 unspecified atom stereocenters. The summed E-state index contributed by atoms with van der Waals surface area (Å²) in [6.07, 6.45) is 0.991. The van der Waals surface area contributed by atoms with Crippen molar-refractivity contribution in [1.82, 2.24) is 0 Å². The van der Waals surface area contributed by atoms with E-state index in [1.54, 1.807) is 24.3 Å². The van der Waals surface area contributed by atoms with Crippen LogP contribution >= 0.6 is 11.8 Å². The van der Waals surface area contributed by atoms with Crippen LogP contribution in [0.5, 0.6) is 0 Å². The van der Waals surface area contributed by atoms with Gasteiger partial charge in [0.15, 0.2) is 0 Å². The number of thioether (sulfide) groups is 1. The summed E-state index contributed by atoms with van der Waals surface area (Å²) in [5.74, 6) is -1.89. The normalized spacial score (nSPS) is 11.6. The van der Waals surface area contributed by atoms with E-state index in [9.17, 15) is 22.8 Å². The molecule has 2 rings (SSSR count). The number of benzene rings is 2. The third-order valence-electron chi connectivity index (χ3n) is 3.64. The van der Waals surface area contributed by atoms with Gasteiger partial charge in [-0.15, -0.1) is 11.8 Å². The minimum absolute atomic E-state index is 0.0457. The Morgan fingerprint density at radius 3 is 2.07 bits per heavy atom. The van der Waals surface area contributed by atoms with Crippen LogP contribution in [0.1, 0.15) is 6.92 Å². The molecule has 0 aliphatic rings. The number of aliphatic carboxylic acids is 1. The number of carbonyl (C=O) groups excluding carboxylic acids is 2. The maximum Gasteiger partial charge on any atom is 0.331 e. The van der Waals surface area contributed by atoms with Crippen molar-refractivity contribution in [3.05, 3.63) is 60.2 Å². The van der Waals surface area contributed by atoms with Crippen molar-refractivity contribution in [2.24, 2.45) is 5.14 Å². The van der Waals surface area contributed by atoms with Gasteiger partial charge in [-0.25, -0.2) is 18.4 Å². The first-order valence-corrected chi connectivity index (χ1v) is 11.0. The molecule has 0 bridgehead atoms. The number of nitrogens with one attached hydrogen (secondary N) is 2. The van der Waals surface area contributed by atoms with Crippen molar-refractivity contribution >= 4 is 50.9 Å². The van der Waals surface area contributed by atoms with E-state index in [2.05, 4.69) is 10.6 Å². The van der Waals surface area contributed by atoms with E-state index in [0.29, 0.717) is 11.4 Å². The van der Waals surface area contributed by atoms with Gasteiger partial charge in [0.1, 0.15) is 0 Å². The minimum Gasteiger partial charge on any atom is -0.478 e. The monoisotopic (exact) mass is 449 g/mol. The van der Waals surface area contributed by atoms with E-state index >= 15 is 0 Å². The van der Waals surface area contributed by atoms with E-state index < -0.39 is 21.9 Å². The molecule has 0 spiro atoms. The fourth-order valence-electron chi connectivity index (χ4n) is 2.15. The highest BCUT2D eigenvalue weighted by Gasteiger charge is 2.09. The molecule has 0 saturated carbocycles. The molecule has 2 aromatic carbocycles.